The number of amides is 1. The fourth-order valence-corrected chi connectivity index (χ4v) is 4.28. The van der Waals surface area contributed by atoms with E-state index in [9.17, 15) is 18.0 Å². The average molecular weight is 472 g/mol. The van der Waals surface area contributed by atoms with Crippen molar-refractivity contribution in [1.29, 1.82) is 0 Å². The number of anilines is 2. The van der Waals surface area contributed by atoms with Crippen LogP contribution in [0.4, 0.5) is 33.6 Å². The lowest BCUT2D eigenvalue weighted by Crippen LogP contribution is -2.31. The first kappa shape index (κ1) is 20.5. The summed E-state index contributed by atoms with van der Waals surface area (Å²) >= 11 is 0. The molecule has 1 aliphatic heterocycles. The second-order valence-electron chi connectivity index (χ2n) is 8.10. The summed E-state index contributed by atoms with van der Waals surface area (Å²) in [7, 11) is 0. The van der Waals surface area contributed by atoms with Gasteiger partial charge in [0.2, 0.25) is 5.95 Å². The van der Waals surface area contributed by atoms with Crippen molar-refractivity contribution in [2.24, 2.45) is 0 Å². The van der Waals surface area contributed by atoms with Gasteiger partial charge in [0.1, 0.15) is 11.2 Å². The van der Waals surface area contributed by atoms with Crippen LogP contribution in [0.3, 0.4) is 0 Å². The summed E-state index contributed by atoms with van der Waals surface area (Å²) in [6.07, 6.45) is 0.546. The maximum absolute atomic E-state index is 15.2. The molecule has 172 valence electrons. The Hall–Kier alpha value is -4.09. The van der Waals surface area contributed by atoms with Crippen molar-refractivity contribution >= 4 is 17.5 Å². The maximum Gasteiger partial charge on any atom is 0.419 e. The fourth-order valence-electron chi connectivity index (χ4n) is 4.28. The number of rotatable bonds is 3. The molecular formula is C22H13F5N6O. The molecule has 1 saturated carbocycles. The van der Waals surface area contributed by atoms with Crippen molar-refractivity contribution in [3.8, 4) is 17.1 Å². The van der Waals surface area contributed by atoms with Gasteiger partial charge in [-0.25, -0.2) is 23.3 Å². The van der Waals surface area contributed by atoms with Crippen molar-refractivity contribution in [2.75, 3.05) is 4.90 Å². The smallest absolute Gasteiger partial charge is 0.293 e. The number of hydrogen-bond donors (Lipinski definition) is 0. The molecule has 0 saturated heterocycles. The standard InChI is InChI=1S/C22H13F5N6O/c23-14-7-13(31-11-12(9-30-31)22(25,26)27)8-15(24)18(14)32-19(34)21(4-5-21)33-17(10-29-20(32)33)16-3-1-2-6-28-16/h1-3,6-11H,4-5H2. The quantitative estimate of drug-likeness (QED) is 0.409. The maximum atomic E-state index is 15.2. The number of imidazole rings is 1. The Morgan fingerprint density at radius 3 is 2.32 bits per heavy atom. The summed E-state index contributed by atoms with van der Waals surface area (Å²) in [5.41, 5.74) is -1.89. The minimum Gasteiger partial charge on any atom is -0.293 e. The SMILES string of the molecule is O=C1N(c2c(F)cc(-n3cc(C(F)(F)F)cn3)cc2F)c2ncc(-c3ccccn3)n2C12CC2. The van der Waals surface area contributed by atoms with Crippen molar-refractivity contribution in [1.82, 2.24) is 24.3 Å². The van der Waals surface area contributed by atoms with Gasteiger partial charge in [0, 0.05) is 24.5 Å². The number of carbonyl (C=O) groups excluding carboxylic acids is 1. The molecule has 1 amide bonds. The highest BCUT2D eigenvalue weighted by atomic mass is 19.4. The lowest BCUT2D eigenvalue weighted by atomic mass is 10.2. The van der Waals surface area contributed by atoms with Crippen molar-refractivity contribution in [2.45, 2.75) is 24.6 Å². The molecule has 2 aliphatic rings. The molecule has 1 aromatic carbocycles. The summed E-state index contributed by atoms with van der Waals surface area (Å²) in [6.45, 7) is 0. The third-order valence-corrected chi connectivity index (χ3v) is 6.02. The highest BCUT2D eigenvalue weighted by Crippen LogP contribution is 2.56. The van der Waals surface area contributed by atoms with Crippen LogP contribution in [0.5, 0.6) is 0 Å². The minimum absolute atomic E-state index is 0.0483. The summed E-state index contributed by atoms with van der Waals surface area (Å²) in [4.78, 5) is 22.8. The molecule has 0 bridgehead atoms. The normalized spacial score (nSPS) is 16.4. The number of carbonyl (C=O) groups is 1. The van der Waals surface area contributed by atoms with Gasteiger partial charge < -0.3 is 0 Å². The van der Waals surface area contributed by atoms with Gasteiger partial charge in [-0.3, -0.25) is 14.3 Å². The molecule has 1 aliphatic carbocycles. The molecule has 0 N–H and O–H groups in total. The van der Waals surface area contributed by atoms with Gasteiger partial charge in [0.25, 0.3) is 5.91 Å². The second kappa shape index (κ2) is 6.72. The summed E-state index contributed by atoms with van der Waals surface area (Å²) in [6, 6.07) is 6.89. The number of alkyl halides is 3. The highest BCUT2D eigenvalue weighted by molar-refractivity contribution is 6.09. The molecule has 1 fully saturated rings. The number of fused-ring (bicyclic) bond motifs is 2. The van der Waals surface area contributed by atoms with E-state index in [2.05, 4.69) is 15.1 Å². The lowest BCUT2D eigenvalue weighted by Gasteiger charge is -2.18. The molecule has 34 heavy (non-hydrogen) atoms. The monoisotopic (exact) mass is 472 g/mol. The van der Waals surface area contributed by atoms with E-state index in [0.29, 0.717) is 41.3 Å². The van der Waals surface area contributed by atoms with Crippen LogP contribution < -0.4 is 4.90 Å². The van der Waals surface area contributed by atoms with Crippen LogP contribution >= 0.6 is 0 Å². The van der Waals surface area contributed by atoms with Crippen LogP contribution in [-0.2, 0) is 16.5 Å². The zero-order chi connectivity index (χ0) is 23.8. The number of aromatic nitrogens is 5. The largest absolute Gasteiger partial charge is 0.419 e. The zero-order valence-corrected chi connectivity index (χ0v) is 17.1. The van der Waals surface area contributed by atoms with Crippen molar-refractivity contribution in [3.63, 3.8) is 0 Å². The Morgan fingerprint density at radius 2 is 1.74 bits per heavy atom. The molecule has 7 nitrogen and oxygen atoms in total. The van der Waals surface area contributed by atoms with E-state index >= 15 is 8.78 Å². The molecule has 4 aromatic rings. The Labute approximate surface area is 188 Å². The summed E-state index contributed by atoms with van der Waals surface area (Å²) < 4.78 is 71.4. The molecule has 1 spiro atoms. The molecular weight excluding hydrogens is 459 g/mol. The minimum atomic E-state index is -4.65. The Morgan fingerprint density at radius 1 is 1.00 bits per heavy atom. The summed E-state index contributed by atoms with van der Waals surface area (Å²) in [5, 5.41) is 3.54. The van der Waals surface area contributed by atoms with E-state index in [4.69, 9.17) is 0 Å². The average Bonchev–Trinajstić information content (AvgIpc) is 3.16. The number of halogens is 5. The third kappa shape index (κ3) is 2.80. The van der Waals surface area contributed by atoms with Gasteiger partial charge in [-0.05, 0) is 25.0 Å². The Balaban J connectivity index is 1.45. The molecule has 4 heterocycles. The third-order valence-electron chi connectivity index (χ3n) is 6.02. The van der Waals surface area contributed by atoms with Crippen LogP contribution in [-0.4, -0.2) is 30.2 Å². The van der Waals surface area contributed by atoms with Crippen LogP contribution in [0, 0.1) is 11.6 Å². The van der Waals surface area contributed by atoms with E-state index in [1.807, 2.05) is 0 Å². The van der Waals surface area contributed by atoms with Crippen LogP contribution in [0.1, 0.15) is 18.4 Å². The second-order valence-corrected chi connectivity index (χ2v) is 8.10. The van der Waals surface area contributed by atoms with Crippen molar-refractivity contribution in [3.05, 3.63) is 72.3 Å². The van der Waals surface area contributed by atoms with E-state index in [1.54, 1.807) is 29.0 Å². The van der Waals surface area contributed by atoms with Gasteiger partial charge in [-0.1, -0.05) is 6.07 Å². The number of pyridine rings is 1. The number of hydrogen-bond acceptors (Lipinski definition) is 4. The summed E-state index contributed by atoms with van der Waals surface area (Å²) in [5.74, 6) is -2.76. The number of nitrogens with zero attached hydrogens (tertiary/aromatic N) is 6. The number of benzene rings is 1. The van der Waals surface area contributed by atoms with Crippen LogP contribution in [0.25, 0.3) is 17.1 Å². The van der Waals surface area contributed by atoms with E-state index in [0.717, 1.165) is 17.0 Å². The Bertz CT molecular complexity index is 1430. The zero-order valence-electron chi connectivity index (χ0n) is 17.1. The van der Waals surface area contributed by atoms with Crippen LogP contribution in [0.2, 0.25) is 0 Å². The van der Waals surface area contributed by atoms with Gasteiger partial charge in [-0.15, -0.1) is 0 Å². The fraction of sp³-hybridized carbons (Fsp3) is 0.182. The van der Waals surface area contributed by atoms with Gasteiger partial charge in [0.05, 0.1) is 35.0 Å². The topological polar surface area (TPSA) is 68.8 Å². The Kier molecular flexibility index (Phi) is 4.05. The van der Waals surface area contributed by atoms with Gasteiger partial charge >= 0.3 is 6.18 Å². The van der Waals surface area contributed by atoms with Gasteiger partial charge in [-0.2, -0.15) is 18.3 Å². The predicted molar refractivity (Wildman–Crippen MR) is 108 cm³/mol. The first-order valence-electron chi connectivity index (χ1n) is 10.2. The van der Waals surface area contributed by atoms with E-state index in [-0.39, 0.29) is 11.6 Å². The lowest BCUT2D eigenvalue weighted by molar-refractivity contribution is -0.137. The highest BCUT2D eigenvalue weighted by Gasteiger charge is 2.62. The molecule has 12 heteroatoms. The first-order valence-corrected chi connectivity index (χ1v) is 10.2. The molecule has 3 aromatic heterocycles. The van der Waals surface area contributed by atoms with E-state index < -0.39 is 40.5 Å². The predicted octanol–water partition coefficient (Wildman–Crippen LogP) is 4.60. The van der Waals surface area contributed by atoms with E-state index in [1.165, 1.54) is 6.20 Å². The van der Waals surface area contributed by atoms with Gasteiger partial charge in [0.15, 0.2) is 11.6 Å². The first-order chi connectivity index (χ1) is 16.2. The molecule has 0 atom stereocenters. The van der Waals surface area contributed by atoms with Crippen molar-refractivity contribution < 1.29 is 26.7 Å². The molecule has 0 unspecified atom stereocenters. The molecule has 6 rings (SSSR count). The molecule has 0 radical (unpaired) electrons. The van der Waals surface area contributed by atoms with Crippen LogP contribution in [0.15, 0.2) is 55.1 Å².